The molecule has 0 aromatic carbocycles. The number of nitrogens with zero attached hydrogens (tertiary/aromatic N) is 1. The SMILES string of the molecule is C1CCC2C(C1)CCN2CC1CCNC1. The van der Waals surface area contributed by atoms with Gasteiger partial charge in [-0.2, -0.15) is 0 Å². The van der Waals surface area contributed by atoms with Crippen LogP contribution in [0, 0.1) is 11.8 Å². The molecule has 3 aliphatic rings. The second kappa shape index (κ2) is 4.42. The Hall–Kier alpha value is -0.0800. The van der Waals surface area contributed by atoms with Crippen molar-refractivity contribution in [3.63, 3.8) is 0 Å². The lowest BCUT2D eigenvalue weighted by Crippen LogP contribution is -2.38. The molecule has 15 heavy (non-hydrogen) atoms. The summed E-state index contributed by atoms with van der Waals surface area (Å²) >= 11 is 0. The predicted octanol–water partition coefficient (Wildman–Crippen LogP) is 1.86. The van der Waals surface area contributed by atoms with E-state index >= 15 is 0 Å². The molecule has 1 saturated carbocycles. The molecule has 0 aromatic heterocycles. The summed E-state index contributed by atoms with van der Waals surface area (Å²) < 4.78 is 0. The Balaban J connectivity index is 1.56. The molecular weight excluding hydrogens is 184 g/mol. The Bertz CT molecular complexity index is 211. The van der Waals surface area contributed by atoms with Crippen LogP contribution in [0.3, 0.4) is 0 Å². The molecular formula is C13H24N2. The van der Waals surface area contributed by atoms with Crippen LogP contribution in [0.1, 0.15) is 38.5 Å². The number of hydrogen-bond donors (Lipinski definition) is 1. The van der Waals surface area contributed by atoms with E-state index in [1.54, 1.807) is 0 Å². The first-order valence-electron chi connectivity index (χ1n) is 6.88. The minimum absolute atomic E-state index is 0.950. The van der Waals surface area contributed by atoms with Gasteiger partial charge in [0, 0.05) is 12.6 Å². The summed E-state index contributed by atoms with van der Waals surface area (Å²) in [5.74, 6) is 2.01. The molecule has 2 heterocycles. The molecule has 2 saturated heterocycles. The van der Waals surface area contributed by atoms with Crippen LogP contribution in [0.15, 0.2) is 0 Å². The third-order valence-electron chi connectivity index (χ3n) is 4.78. The van der Waals surface area contributed by atoms with Gasteiger partial charge in [-0.15, -0.1) is 0 Å². The summed E-state index contributed by atoms with van der Waals surface area (Å²) in [4.78, 5) is 2.82. The van der Waals surface area contributed by atoms with Gasteiger partial charge in [0.2, 0.25) is 0 Å². The van der Waals surface area contributed by atoms with E-state index < -0.39 is 0 Å². The molecule has 0 aromatic rings. The van der Waals surface area contributed by atoms with Crippen LogP contribution >= 0.6 is 0 Å². The fraction of sp³-hybridized carbons (Fsp3) is 1.00. The van der Waals surface area contributed by atoms with Gasteiger partial charge in [0.05, 0.1) is 0 Å². The molecule has 0 radical (unpaired) electrons. The van der Waals surface area contributed by atoms with Gasteiger partial charge in [-0.25, -0.2) is 0 Å². The van der Waals surface area contributed by atoms with Crippen LogP contribution < -0.4 is 5.32 Å². The normalized spacial score (nSPS) is 42.0. The van der Waals surface area contributed by atoms with Crippen LogP contribution in [0.5, 0.6) is 0 Å². The number of hydrogen-bond acceptors (Lipinski definition) is 2. The average Bonchev–Trinajstić information content (AvgIpc) is 2.89. The van der Waals surface area contributed by atoms with Crippen molar-refractivity contribution in [3.8, 4) is 0 Å². The number of fused-ring (bicyclic) bond motifs is 1. The van der Waals surface area contributed by atoms with Crippen LogP contribution in [0.25, 0.3) is 0 Å². The first-order valence-corrected chi connectivity index (χ1v) is 6.88. The lowest BCUT2D eigenvalue weighted by molar-refractivity contribution is 0.163. The van der Waals surface area contributed by atoms with Crippen molar-refractivity contribution < 1.29 is 0 Å². The zero-order valence-corrected chi connectivity index (χ0v) is 9.75. The van der Waals surface area contributed by atoms with E-state index in [9.17, 15) is 0 Å². The third-order valence-corrected chi connectivity index (χ3v) is 4.78. The Morgan fingerprint density at radius 1 is 1.07 bits per heavy atom. The number of nitrogens with one attached hydrogen (secondary N) is 1. The Kier molecular flexibility index (Phi) is 2.98. The molecule has 3 unspecified atom stereocenters. The Morgan fingerprint density at radius 2 is 2.00 bits per heavy atom. The monoisotopic (exact) mass is 208 g/mol. The van der Waals surface area contributed by atoms with E-state index in [0.29, 0.717) is 0 Å². The van der Waals surface area contributed by atoms with Crippen LogP contribution in [-0.2, 0) is 0 Å². The molecule has 0 spiro atoms. The highest BCUT2D eigenvalue weighted by molar-refractivity contribution is 4.91. The standard InChI is InChI=1S/C13H24N2/c1-2-4-13-12(3-1)6-8-15(13)10-11-5-7-14-9-11/h11-14H,1-10H2. The van der Waals surface area contributed by atoms with Crippen LogP contribution in [-0.4, -0.2) is 37.1 Å². The molecule has 1 N–H and O–H groups in total. The molecule has 1 aliphatic carbocycles. The van der Waals surface area contributed by atoms with Gasteiger partial charge in [0.25, 0.3) is 0 Å². The summed E-state index contributed by atoms with van der Waals surface area (Å²) in [6, 6.07) is 0.972. The van der Waals surface area contributed by atoms with Crippen molar-refractivity contribution in [1.82, 2.24) is 10.2 Å². The van der Waals surface area contributed by atoms with Gasteiger partial charge in [-0.3, -0.25) is 4.90 Å². The Labute approximate surface area is 93.4 Å². The maximum atomic E-state index is 3.49. The first-order chi connectivity index (χ1) is 7.43. The second-order valence-corrected chi connectivity index (χ2v) is 5.75. The number of likely N-dealkylation sites (tertiary alicyclic amines) is 1. The zero-order chi connectivity index (χ0) is 10.1. The fourth-order valence-electron chi connectivity index (χ4n) is 3.93. The van der Waals surface area contributed by atoms with Crippen molar-refractivity contribution in [1.29, 1.82) is 0 Å². The largest absolute Gasteiger partial charge is 0.316 e. The molecule has 3 rings (SSSR count). The van der Waals surface area contributed by atoms with E-state index in [0.717, 1.165) is 17.9 Å². The van der Waals surface area contributed by atoms with E-state index in [2.05, 4.69) is 10.2 Å². The topological polar surface area (TPSA) is 15.3 Å². The lowest BCUT2D eigenvalue weighted by atomic mass is 9.85. The summed E-state index contributed by atoms with van der Waals surface area (Å²) in [5, 5.41) is 3.49. The Morgan fingerprint density at radius 3 is 2.87 bits per heavy atom. The fourth-order valence-corrected chi connectivity index (χ4v) is 3.93. The van der Waals surface area contributed by atoms with Gasteiger partial charge in [-0.05, 0) is 57.2 Å². The minimum Gasteiger partial charge on any atom is -0.316 e. The van der Waals surface area contributed by atoms with E-state index in [1.165, 1.54) is 64.7 Å². The van der Waals surface area contributed by atoms with Crippen molar-refractivity contribution >= 4 is 0 Å². The highest BCUT2D eigenvalue weighted by Gasteiger charge is 2.36. The maximum Gasteiger partial charge on any atom is 0.0124 e. The smallest absolute Gasteiger partial charge is 0.0124 e. The second-order valence-electron chi connectivity index (χ2n) is 5.75. The summed E-state index contributed by atoms with van der Waals surface area (Å²) in [7, 11) is 0. The van der Waals surface area contributed by atoms with Crippen LogP contribution in [0.4, 0.5) is 0 Å². The van der Waals surface area contributed by atoms with Gasteiger partial charge >= 0.3 is 0 Å². The molecule has 0 amide bonds. The maximum absolute atomic E-state index is 3.49. The van der Waals surface area contributed by atoms with Gasteiger partial charge in [0.15, 0.2) is 0 Å². The van der Waals surface area contributed by atoms with Gasteiger partial charge in [-0.1, -0.05) is 12.8 Å². The molecule has 3 fully saturated rings. The quantitative estimate of drug-likeness (QED) is 0.745. The van der Waals surface area contributed by atoms with Gasteiger partial charge < -0.3 is 5.32 Å². The molecule has 3 atom stereocenters. The highest BCUT2D eigenvalue weighted by atomic mass is 15.2. The summed E-state index contributed by atoms with van der Waals surface area (Å²) in [6.07, 6.45) is 8.90. The van der Waals surface area contributed by atoms with E-state index in [1.807, 2.05) is 0 Å². The molecule has 86 valence electrons. The minimum atomic E-state index is 0.950. The first kappa shape index (κ1) is 10.1. The summed E-state index contributed by atoms with van der Waals surface area (Å²) in [5.41, 5.74) is 0. The van der Waals surface area contributed by atoms with Crippen molar-refractivity contribution in [2.75, 3.05) is 26.2 Å². The molecule has 2 aliphatic heterocycles. The van der Waals surface area contributed by atoms with Gasteiger partial charge in [0.1, 0.15) is 0 Å². The highest BCUT2D eigenvalue weighted by Crippen LogP contribution is 2.36. The third kappa shape index (κ3) is 2.07. The molecule has 2 heteroatoms. The van der Waals surface area contributed by atoms with Crippen molar-refractivity contribution in [2.45, 2.75) is 44.6 Å². The summed E-state index contributed by atoms with van der Waals surface area (Å²) in [6.45, 7) is 5.31. The van der Waals surface area contributed by atoms with E-state index in [4.69, 9.17) is 0 Å². The molecule has 2 nitrogen and oxygen atoms in total. The molecule has 0 bridgehead atoms. The number of rotatable bonds is 2. The van der Waals surface area contributed by atoms with Crippen molar-refractivity contribution in [3.05, 3.63) is 0 Å². The van der Waals surface area contributed by atoms with Crippen molar-refractivity contribution in [2.24, 2.45) is 11.8 Å². The average molecular weight is 208 g/mol. The zero-order valence-electron chi connectivity index (χ0n) is 9.75. The predicted molar refractivity (Wildman–Crippen MR) is 62.9 cm³/mol. The van der Waals surface area contributed by atoms with Crippen LogP contribution in [0.2, 0.25) is 0 Å². The van der Waals surface area contributed by atoms with E-state index in [-0.39, 0.29) is 0 Å². The lowest BCUT2D eigenvalue weighted by Gasteiger charge is -2.33.